The first-order valence-corrected chi connectivity index (χ1v) is 6.30. The number of nitrogens with zero attached hydrogens (tertiary/aromatic N) is 1. The number of rotatable bonds is 2. The van der Waals surface area contributed by atoms with Crippen LogP contribution in [-0.4, -0.2) is 13.0 Å². The quantitative estimate of drug-likeness (QED) is 0.728. The second kappa shape index (κ2) is 3.74. The van der Waals surface area contributed by atoms with Gasteiger partial charge in [-0.3, -0.25) is 4.79 Å². The smallest absolute Gasteiger partial charge is 0.261 e. The van der Waals surface area contributed by atoms with E-state index < -0.39 is 9.05 Å². The molecular formula is C8H10ClNO3S. The van der Waals surface area contributed by atoms with Gasteiger partial charge in [-0.15, -0.1) is 0 Å². The van der Waals surface area contributed by atoms with Crippen LogP contribution >= 0.6 is 10.7 Å². The third-order valence-corrected chi connectivity index (χ3v) is 3.11. The van der Waals surface area contributed by atoms with Gasteiger partial charge in [-0.2, -0.15) is 0 Å². The topological polar surface area (TPSA) is 56.1 Å². The van der Waals surface area contributed by atoms with Crippen LogP contribution in [0.1, 0.15) is 19.9 Å². The average molecular weight is 236 g/mol. The molecule has 0 aromatic carbocycles. The van der Waals surface area contributed by atoms with E-state index >= 15 is 0 Å². The Morgan fingerprint density at radius 2 is 2.00 bits per heavy atom. The van der Waals surface area contributed by atoms with E-state index in [1.54, 1.807) is 0 Å². The van der Waals surface area contributed by atoms with Crippen LogP contribution in [0.4, 0.5) is 0 Å². The Hall–Kier alpha value is -0.810. The molecular weight excluding hydrogens is 226 g/mol. The molecule has 0 radical (unpaired) electrons. The second-order valence-electron chi connectivity index (χ2n) is 3.14. The number of hydrogen-bond acceptors (Lipinski definition) is 3. The molecule has 0 fully saturated rings. The third kappa shape index (κ3) is 2.36. The molecule has 0 spiro atoms. The zero-order valence-electron chi connectivity index (χ0n) is 7.77. The van der Waals surface area contributed by atoms with Crippen molar-refractivity contribution in [1.29, 1.82) is 0 Å². The van der Waals surface area contributed by atoms with E-state index in [4.69, 9.17) is 10.7 Å². The predicted octanol–water partition coefficient (Wildman–Crippen LogP) is 1.36. The van der Waals surface area contributed by atoms with Crippen molar-refractivity contribution >= 4 is 19.7 Å². The zero-order chi connectivity index (χ0) is 10.9. The maximum atomic E-state index is 11.4. The lowest BCUT2D eigenvalue weighted by Crippen LogP contribution is -2.21. The van der Waals surface area contributed by atoms with Crippen molar-refractivity contribution in [2.45, 2.75) is 24.8 Å². The largest absolute Gasteiger partial charge is 0.313 e. The summed E-state index contributed by atoms with van der Waals surface area (Å²) in [6.45, 7) is 3.66. The van der Waals surface area contributed by atoms with Crippen molar-refractivity contribution in [2.75, 3.05) is 0 Å². The molecule has 1 rings (SSSR count). The fourth-order valence-electron chi connectivity index (χ4n) is 1.05. The number of pyridine rings is 1. The molecule has 4 nitrogen and oxygen atoms in total. The van der Waals surface area contributed by atoms with E-state index in [1.807, 2.05) is 13.8 Å². The minimum atomic E-state index is -3.81. The Morgan fingerprint density at radius 3 is 2.36 bits per heavy atom. The molecule has 1 heterocycles. The van der Waals surface area contributed by atoms with Crippen molar-refractivity contribution in [3.8, 4) is 0 Å². The second-order valence-corrected chi connectivity index (χ2v) is 5.71. The summed E-state index contributed by atoms with van der Waals surface area (Å²) in [5, 5.41) is 0. The molecule has 0 amide bonds. The number of aromatic nitrogens is 1. The lowest BCUT2D eigenvalue weighted by molar-refractivity contribution is 0.573. The molecule has 0 aliphatic carbocycles. The maximum absolute atomic E-state index is 11.4. The molecule has 0 bridgehead atoms. The summed E-state index contributed by atoms with van der Waals surface area (Å²) in [6, 6.07) is 2.32. The number of hydrogen-bond donors (Lipinski definition) is 0. The van der Waals surface area contributed by atoms with Crippen LogP contribution in [0.15, 0.2) is 28.0 Å². The van der Waals surface area contributed by atoms with Gasteiger partial charge in [-0.1, -0.05) is 0 Å². The summed E-state index contributed by atoms with van der Waals surface area (Å²) >= 11 is 0. The van der Waals surface area contributed by atoms with Crippen molar-refractivity contribution in [1.82, 2.24) is 4.57 Å². The molecule has 78 valence electrons. The Bertz CT molecular complexity index is 490. The van der Waals surface area contributed by atoms with Crippen LogP contribution in [-0.2, 0) is 9.05 Å². The first-order valence-electron chi connectivity index (χ1n) is 3.99. The highest BCUT2D eigenvalue weighted by molar-refractivity contribution is 8.13. The first-order chi connectivity index (χ1) is 6.32. The summed E-state index contributed by atoms with van der Waals surface area (Å²) in [4.78, 5) is 11.2. The van der Waals surface area contributed by atoms with E-state index in [-0.39, 0.29) is 16.5 Å². The van der Waals surface area contributed by atoms with Crippen LogP contribution in [0.3, 0.4) is 0 Å². The summed E-state index contributed by atoms with van der Waals surface area (Å²) in [7, 11) is 1.28. The van der Waals surface area contributed by atoms with Gasteiger partial charge >= 0.3 is 0 Å². The van der Waals surface area contributed by atoms with E-state index in [2.05, 4.69) is 0 Å². The molecule has 6 heteroatoms. The van der Waals surface area contributed by atoms with E-state index in [9.17, 15) is 13.2 Å². The normalized spacial score (nSPS) is 12.0. The van der Waals surface area contributed by atoms with E-state index in [1.165, 1.54) is 16.8 Å². The van der Waals surface area contributed by atoms with Crippen molar-refractivity contribution < 1.29 is 8.42 Å². The minimum absolute atomic E-state index is 0.00502. The lowest BCUT2D eigenvalue weighted by atomic mass is 10.3. The van der Waals surface area contributed by atoms with Gasteiger partial charge < -0.3 is 4.57 Å². The van der Waals surface area contributed by atoms with Gasteiger partial charge in [0, 0.05) is 29.0 Å². The molecule has 1 aromatic heterocycles. The molecule has 14 heavy (non-hydrogen) atoms. The van der Waals surface area contributed by atoms with Gasteiger partial charge in [0.25, 0.3) is 14.6 Å². The summed E-state index contributed by atoms with van der Waals surface area (Å²) in [5.74, 6) is 0. The van der Waals surface area contributed by atoms with Crippen molar-refractivity contribution in [3.05, 3.63) is 28.7 Å². The highest BCUT2D eigenvalue weighted by Crippen LogP contribution is 2.12. The van der Waals surface area contributed by atoms with Gasteiger partial charge in [0.05, 0.1) is 4.90 Å². The van der Waals surface area contributed by atoms with Crippen LogP contribution in [0.25, 0.3) is 0 Å². The Balaban J connectivity index is 3.35. The monoisotopic (exact) mass is 235 g/mol. The molecule has 0 unspecified atom stereocenters. The number of halogens is 1. The van der Waals surface area contributed by atoms with Crippen molar-refractivity contribution in [3.63, 3.8) is 0 Å². The molecule has 0 atom stereocenters. The van der Waals surface area contributed by atoms with Crippen LogP contribution < -0.4 is 5.56 Å². The lowest BCUT2D eigenvalue weighted by Gasteiger charge is -2.08. The summed E-state index contributed by atoms with van der Waals surface area (Å²) < 4.78 is 23.2. The summed E-state index contributed by atoms with van der Waals surface area (Å²) in [6.07, 6.45) is 1.42. The standard InChI is InChI=1S/C8H10ClNO3S/c1-6(2)10-4-3-7(5-8(10)11)14(9,12)13/h3-6H,1-2H3. The van der Waals surface area contributed by atoms with E-state index in [0.29, 0.717) is 0 Å². The summed E-state index contributed by atoms with van der Waals surface area (Å²) in [5.41, 5.74) is -0.373. The van der Waals surface area contributed by atoms with Gasteiger partial charge in [-0.25, -0.2) is 8.42 Å². The van der Waals surface area contributed by atoms with Crippen molar-refractivity contribution in [2.24, 2.45) is 0 Å². The molecule has 0 aliphatic rings. The fourth-order valence-corrected chi connectivity index (χ4v) is 1.80. The predicted molar refractivity (Wildman–Crippen MR) is 54.1 cm³/mol. The van der Waals surface area contributed by atoms with Gasteiger partial charge in [0.2, 0.25) is 0 Å². The van der Waals surface area contributed by atoms with Gasteiger partial charge in [-0.05, 0) is 19.9 Å². The molecule has 0 saturated heterocycles. The Labute approximate surface area is 86.5 Å². The molecule has 0 N–H and O–H groups in total. The minimum Gasteiger partial charge on any atom is -0.313 e. The molecule has 0 aliphatic heterocycles. The Morgan fingerprint density at radius 1 is 1.43 bits per heavy atom. The highest BCUT2D eigenvalue weighted by Gasteiger charge is 2.11. The van der Waals surface area contributed by atoms with Gasteiger partial charge in [0.15, 0.2) is 0 Å². The zero-order valence-corrected chi connectivity index (χ0v) is 9.34. The maximum Gasteiger partial charge on any atom is 0.261 e. The fraction of sp³-hybridized carbons (Fsp3) is 0.375. The van der Waals surface area contributed by atoms with Crippen LogP contribution in [0.2, 0.25) is 0 Å². The van der Waals surface area contributed by atoms with Gasteiger partial charge in [0.1, 0.15) is 0 Å². The third-order valence-electron chi connectivity index (χ3n) is 1.76. The van der Waals surface area contributed by atoms with E-state index in [0.717, 1.165) is 6.07 Å². The van der Waals surface area contributed by atoms with Crippen LogP contribution in [0, 0.1) is 0 Å². The Kier molecular flexibility index (Phi) is 3.01. The SMILES string of the molecule is CC(C)n1ccc(S(=O)(=O)Cl)cc1=O. The molecule has 1 aromatic rings. The van der Waals surface area contributed by atoms with Crippen LogP contribution in [0.5, 0.6) is 0 Å². The molecule has 0 saturated carbocycles. The highest BCUT2D eigenvalue weighted by atomic mass is 35.7. The average Bonchev–Trinajstić information content (AvgIpc) is 2.01. The first kappa shape index (κ1) is 11.3.